The van der Waals surface area contributed by atoms with Crippen molar-refractivity contribution in [1.29, 1.82) is 0 Å². The van der Waals surface area contributed by atoms with Crippen LogP contribution < -0.4 is 14.9 Å². The van der Waals surface area contributed by atoms with E-state index in [9.17, 15) is 45.6 Å². The average molecular weight is 595 g/mol. The molecule has 228 valence electrons. The molecule has 2 aliphatic rings. The van der Waals surface area contributed by atoms with Crippen molar-refractivity contribution in [2.75, 3.05) is 20.3 Å². The van der Waals surface area contributed by atoms with Gasteiger partial charge in [-0.05, 0) is 24.3 Å². The Kier molecular flexibility index (Phi) is 8.56. The lowest BCUT2D eigenvalue weighted by Gasteiger charge is -2.44. The van der Waals surface area contributed by atoms with Crippen LogP contribution in [0.5, 0.6) is 23.0 Å². The summed E-state index contributed by atoms with van der Waals surface area (Å²) in [5.41, 5.74) is -0.644. The van der Waals surface area contributed by atoms with E-state index >= 15 is 0 Å². The summed E-state index contributed by atoms with van der Waals surface area (Å²) in [5.74, 6) is -1.26. The van der Waals surface area contributed by atoms with E-state index in [1.165, 1.54) is 7.11 Å². The normalized spacial score (nSPS) is 31.6. The maximum absolute atomic E-state index is 13.0. The Hall–Kier alpha value is -3.51. The maximum atomic E-state index is 13.0. The zero-order valence-electron chi connectivity index (χ0n) is 22.0. The molecular weight excluding hydrogens is 564 g/mol. The van der Waals surface area contributed by atoms with Crippen LogP contribution in [-0.4, -0.2) is 116 Å². The fourth-order valence-corrected chi connectivity index (χ4v) is 4.78. The maximum Gasteiger partial charge on any atom is 0.229 e. The first-order valence-corrected chi connectivity index (χ1v) is 12.8. The molecule has 42 heavy (non-hydrogen) atoms. The Labute approximate surface area is 236 Å². The predicted octanol–water partition coefficient (Wildman–Crippen LogP) is -1.48. The van der Waals surface area contributed by atoms with Gasteiger partial charge in [0, 0.05) is 17.7 Å². The van der Waals surface area contributed by atoms with Gasteiger partial charge in [0.25, 0.3) is 0 Å². The first-order chi connectivity index (χ1) is 20.0. The quantitative estimate of drug-likeness (QED) is 0.156. The highest BCUT2D eigenvalue weighted by Crippen LogP contribution is 2.42. The molecule has 2 aliphatic heterocycles. The molecule has 9 atom stereocenters. The number of ether oxygens (including phenoxy) is 5. The van der Waals surface area contributed by atoms with Crippen LogP contribution in [0.4, 0.5) is 0 Å². The van der Waals surface area contributed by atoms with Gasteiger partial charge in [-0.25, -0.2) is 0 Å². The lowest BCUT2D eigenvalue weighted by Crippen LogP contribution is -2.63. The van der Waals surface area contributed by atoms with Crippen molar-refractivity contribution < 1.29 is 69.0 Å². The third kappa shape index (κ3) is 5.49. The summed E-state index contributed by atoms with van der Waals surface area (Å²) in [5, 5.41) is 82.0. The molecule has 2 fully saturated rings. The van der Waals surface area contributed by atoms with Crippen molar-refractivity contribution in [3.05, 3.63) is 46.6 Å². The third-order valence-electron chi connectivity index (χ3n) is 7.09. The predicted molar refractivity (Wildman–Crippen MR) is 139 cm³/mol. The molecule has 5 rings (SSSR count). The smallest absolute Gasteiger partial charge is 0.229 e. The molecule has 2 saturated heterocycles. The number of aliphatic hydroxyl groups excluding tert-OH is 6. The summed E-state index contributed by atoms with van der Waals surface area (Å²) >= 11 is 0. The van der Waals surface area contributed by atoms with E-state index in [1.807, 2.05) is 0 Å². The fraction of sp³-hybridized carbons (Fsp3) is 0.444. The van der Waals surface area contributed by atoms with Crippen molar-refractivity contribution in [1.82, 2.24) is 0 Å². The number of benzene rings is 2. The largest absolute Gasteiger partial charge is 0.507 e. The fourth-order valence-electron chi connectivity index (χ4n) is 4.78. The molecule has 8 N–H and O–H groups in total. The van der Waals surface area contributed by atoms with Crippen molar-refractivity contribution >= 4 is 11.0 Å². The Morgan fingerprint density at radius 1 is 0.905 bits per heavy atom. The number of hydrogen-bond acceptors (Lipinski definition) is 15. The SMILES string of the molecule is COc1ccc(-c2cc(=O)c3c(O)cc(O)c(O[C@@H]4O[C@H](CO)[C@@H](O[C@@H]5OC[C@@H](O)[C@H](O)[C@H]5O)[C@H](O)[C@H]4O)c3o2)cc1. The summed E-state index contributed by atoms with van der Waals surface area (Å²) in [6, 6.07) is 8.41. The Morgan fingerprint density at radius 2 is 1.60 bits per heavy atom. The number of hydrogen-bond donors (Lipinski definition) is 8. The van der Waals surface area contributed by atoms with Crippen molar-refractivity contribution in [2.45, 2.75) is 55.3 Å². The van der Waals surface area contributed by atoms with E-state index in [0.29, 0.717) is 11.3 Å². The highest BCUT2D eigenvalue weighted by Gasteiger charge is 2.50. The minimum Gasteiger partial charge on any atom is -0.507 e. The van der Waals surface area contributed by atoms with E-state index < -0.39 is 96.8 Å². The van der Waals surface area contributed by atoms with Crippen LogP contribution >= 0.6 is 0 Å². The minimum absolute atomic E-state index is 0.0372. The Bertz CT molecular complexity index is 1450. The van der Waals surface area contributed by atoms with Gasteiger partial charge in [-0.2, -0.15) is 0 Å². The molecule has 15 nitrogen and oxygen atoms in total. The summed E-state index contributed by atoms with van der Waals surface area (Å²) in [7, 11) is 1.48. The zero-order chi connectivity index (χ0) is 30.3. The minimum atomic E-state index is -1.91. The van der Waals surface area contributed by atoms with Crippen LogP contribution in [0.2, 0.25) is 0 Å². The summed E-state index contributed by atoms with van der Waals surface area (Å²) in [6.45, 7) is -1.19. The lowest BCUT2D eigenvalue weighted by molar-refractivity contribution is -0.339. The molecule has 2 aromatic carbocycles. The average Bonchev–Trinajstić information content (AvgIpc) is 2.98. The van der Waals surface area contributed by atoms with Gasteiger partial charge in [-0.1, -0.05) is 0 Å². The molecule has 0 radical (unpaired) electrons. The molecule has 1 aromatic heterocycles. The molecule has 15 heteroatoms. The summed E-state index contributed by atoms with van der Waals surface area (Å²) in [4.78, 5) is 13.0. The highest BCUT2D eigenvalue weighted by atomic mass is 16.7. The van der Waals surface area contributed by atoms with E-state index in [2.05, 4.69) is 0 Å². The number of fused-ring (bicyclic) bond motifs is 1. The van der Waals surface area contributed by atoms with Gasteiger partial charge >= 0.3 is 0 Å². The first kappa shape index (κ1) is 30.0. The molecule has 0 aliphatic carbocycles. The van der Waals surface area contributed by atoms with E-state index in [1.54, 1.807) is 24.3 Å². The molecule has 3 heterocycles. The van der Waals surface area contributed by atoms with Crippen LogP contribution in [0.15, 0.2) is 45.6 Å². The van der Waals surface area contributed by atoms with Gasteiger partial charge in [0.1, 0.15) is 65.4 Å². The van der Waals surface area contributed by atoms with Gasteiger partial charge in [0.05, 0.1) is 20.3 Å². The number of phenols is 2. The van der Waals surface area contributed by atoms with Crippen molar-refractivity contribution in [3.63, 3.8) is 0 Å². The van der Waals surface area contributed by atoms with Crippen LogP contribution in [0.1, 0.15) is 0 Å². The lowest BCUT2D eigenvalue weighted by atomic mass is 9.98. The van der Waals surface area contributed by atoms with E-state index in [0.717, 1.165) is 12.1 Å². The summed E-state index contributed by atoms with van der Waals surface area (Å²) < 4.78 is 32.9. The second-order valence-corrected chi connectivity index (χ2v) is 9.83. The number of aliphatic hydroxyl groups is 6. The van der Waals surface area contributed by atoms with Gasteiger partial charge < -0.3 is 69.0 Å². The molecule has 0 amide bonds. The monoisotopic (exact) mass is 594 g/mol. The number of phenolic OH excluding ortho intramolecular Hbond substituents is 2. The van der Waals surface area contributed by atoms with Crippen LogP contribution in [-0.2, 0) is 14.2 Å². The molecule has 3 aromatic rings. The van der Waals surface area contributed by atoms with Crippen LogP contribution in [0.3, 0.4) is 0 Å². The third-order valence-corrected chi connectivity index (χ3v) is 7.09. The van der Waals surface area contributed by atoms with E-state index in [-0.39, 0.29) is 11.1 Å². The zero-order valence-corrected chi connectivity index (χ0v) is 22.0. The molecule has 0 unspecified atom stereocenters. The highest BCUT2D eigenvalue weighted by molar-refractivity contribution is 5.91. The van der Waals surface area contributed by atoms with Crippen LogP contribution in [0.25, 0.3) is 22.3 Å². The topological polar surface area (TPSA) is 238 Å². The van der Waals surface area contributed by atoms with Crippen molar-refractivity contribution in [3.8, 4) is 34.3 Å². The second kappa shape index (κ2) is 12.0. The first-order valence-electron chi connectivity index (χ1n) is 12.8. The van der Waals surface area contributed by atoms with Gasteiger partial charge in [-0.3, -0.25) is 4.79 Å². The molecule has 0 bridgehead atoms. The van der Waals surface area contributed by atoms with Gasteiger partial charge in [0.2, 0.25) is 12.0 Å². The second-order valence-electron chi connectivity index (χ2n) is 9.83. The number of rotatable bonds is 7. The molecule has 0 spiro atoms. The Balaban J connectivity index is 1.45. The number of methoxy groups -OCH3 is 1. The van der Waals surface area contributed by atoms with Crippen LogP contribution in [0, 0.1) is 0 Å². The van der Waals surface area contributed by atoms with Gasteiger partial charge in [-0.15, -0.1) is 0 Å². The van der Waals surface area contributed by atoms with Gasteiger partial charge in [0.15, 0.2) is 23.1 Å². The van der Waals surface area contributed by atoms with E-state index in [4.69, 9.17) is 28.1 Å². The standard InChI is InChI=1S/C27H30O15/c1-37-11-4-2-10(3-5-11)16-7-13(30)18-12(29)6-14(31)23(25(18)39-16)41-27-22(36)20(34)24(17(8-28)40-27)42-26-21(35)19(33)15(32)9-38-26/h2-7,15,17,19-22,24,26-29,31-36H,8-9H2,1H3/t15-,17-,19+,20-,21-,22-,24-,26+,27+/m1/s1. The molecule has 0 saturated carbocycles. The molecular formula is C27H30O15. The summed E-state index contributed by atoms with van der Waals surface area (Å²) in [6.07, 6.45) is -14.7. The number of aromatic hydroxyl groups is 2. The Morgan fingerprint density at radius 3 is 2.26 bits per heavy atom. The van der Waals surface area contributed by atoms with Crippen molar-refractivity contribution in [2.24, 2.45) is 0 Å².